The normalized spacial score (nSPS) is 27.4. The Balaban J connectivity index is 2.02. The van der Waals surface area contributed by atoms with Crippen LogP contribution < -0.4 is 4.74 Å². The van der Waals surface area contributed by atoms with Crippen LogP contribution in [0.5, 0.6) is 5.75 Å². The van der Waals surface area contributed by atoms with Crippen LogP contribution in [0.4, 0.5) is 22.0 Å². The number of fused-ring (bicyclic) bond motifs is 3. The molecular weight excluding hydrogens is 283 g/mol. The Morgan fingerprint density at radius 1 is 1.10 bits per heavy atom. The maximum atomic E-state index is 13.3. The van der Waals surface area contributed by atoms with E-state index in [1.165, 1.54) is 0 Å². The summed E-state index contributed by atoms with van der Waals surface area (Å²) in [4.78, 5) is 0. The highest BCUT2D eigenvalue weighted by Crippen LogP contribution is 2.55. The molecule has 1 saturated heterocycles. The summed E-state index contributed by atoms with van der Waals surface area (Å²) in [6.07, 6.45) is -6.41. The second kappa shape index (κ2) is 3.63. The molecule has 1 fully saturated rings. The van der Waals surface area contributed by atoms with Crippen LogP contribution >= 0.6 is 0 Å². The van der Waals surface area contributed by atoms with Crippen molar-refractivity contribution in [2.75, 3.05) is 0 Å². The number of epoxide rings is 1. The summed E-state index contributed by atoms with van der Waals surface area (Å²) in [6.45, 7) is 3.55. The molecule has 3 rings (SSSR count). The predicted molar refractivity (Wildman–Crippen MR) is 58.7 cm³/mol. The zero-order valence-corrected chi connectivity index (χ0v) is 10.6. The summed E-state index contributed by atoms with van der Waals surface area (Å²) in [6, 6.07) is 2.71. The van der Waals surface area contributed by atoms with E-state index in [2.05, 4.69) is 0 Å². The van der Waals surface area contributed by atoms with E-state index in [0.29, 0.717) is 0 Å². The third-order valence-corrected chi connectivity index (χ3v) is 3.58. The summed E-state index contributed by atoms with van der Waals surface area (Å²) in [7, 11) is 0. The topological polar surface area (TPSA) is 21.8 Å². The van der Waals surface area contributed by atoms with E-state index < -0.39 is 29.4 Å². The van der Waals surface area contributed by atoms with Crippen molar-refractivity contribution in [3.63, 3.8) is 0 Å². The highest BCUT2D eigenvalue weighted by atomic mass is 19.4. The molecule has 2 heterocycles. The molecule has 1 aromatic carbocycles. The highest BCUT2D eigenvalue weighted by Gasteiger charge is 2.60. The van der Waals surface area contributed by atoms with Crippen molar-refractivity contribution in [2.24, 2.45) is 0 Å². The minimum absolute atomic E-state index is 0.246. The van der Waals surface area contributed by atoms with E-state index in [0.717, 1.165) is 18.2 Å². The minimum Gasteiger partial charge on any atom is -0.485 e. The molecule has 0 N–H and O–H groups in total. The largest absolute Gasteiger partial charge is 0.485 e. The van der Waals surface area contributed by atoms with Gasteiger partial charge in [0.1, 0.15) is 23.6 Å². The first-order chi connectivity index (χ1) is 9.04. The number of alkyl halides is 5. The van der Waals surface area contributed by atoms with Crippen LogP contribution in [0.2, 0.25) is 0 Å². The molecule has 7 heteroatoms. The van der Waals surface area contributed by atoms with E-state index in [4.69, 9.17) is 9.47 Å². The quantitative estimate of drug-likeness (QED) is 0.578. The Hall–Kier alpha value is -1.37. The Kier molecular flexibility index (Phi) is 2.47. The molecule has 2 aliphatic rings. The molecule has 1 aromatic rings. The van der Waals surface area contributed by atoms with E-state index in [1.54, 1.807) is 13.8 Å². The van der Waals surface area contributed by atoms with Gasteiger partial charge in [0, 0.05) is 11.1 Å². The molecule has 0 spiro atoms. The van der Waals surface area contributed by atoms with Crippen LogP contribution in [0, 0.1) is 0 Å². The molecular formula is C13H11F5O2. The maximum Gasteiger partial charge on any atom is 0.458 e. The first kappa shape index (κ1) is 13.6. The summed E-state index contributed by atoms with van der Waals surface area (Å²) < 4.78 is 74.6. The summed E-state index contributed by atoms with van der Waals surface area (Å²) >= 11 is 0. The minimum atomic E-state index is -5.63. The summed E-state index contributed by atoms with van der Waals surface area (Å²) in [5.41, 5.74) is -1.47. The van der Waals surface area contributed by atoms with Gasteiger partial charge in [-0.1, -0.05) is 0 Å². The number of ether oxygens (including phenoxy) is 2. The van der Waals surface area contributed by atoms with Gasteiger partial charge in [-0.2, -0.15) is 22.0 Å². The van der Waals surface area contributed by atoms with Gasteiger partial charge in [-0.3, -0.25) is 0 Å². The van der Waals surface area contributed by atoms with Crippen molar-refractivity contribution in [2.45, 2.75) is 43.8 Å². The number of hydrogen-bond donors (Lipinski definition) is 0. The average Bonchev–Trinajstić information content (AvgIpc) is 3.07. The fraction of sp³-hybridized carbons (Fsp3) is 0.538. The van der Waals surface area contributed by atoms with Crippen molar-refractivity contribution < 1.29 is 31.4 Å². The van der Waals surface area contributed by atoms with Crippen molar-refractivity contribution in [3.05, 3.63) is 29.3 Å². The van der Waals surface area contributed by atoms with Gasteiger partial charge in [-0.25, -0.2) is 0 Å². The highest BCUT2D eigenvalue weighted by molar-refractivity contribution is 5.46. The lowest BCUT2D eigenvalue weighted by Crippen LogP contribution is -2.38. The lowest BCUT2D eigenvalue weighted by atomic mass is 9.92. The van der Waals surface area contributed by atoms with E-state index in [9.17, 15) is 22.0 Å². The number of halogens is 5. The van der Waals surface area contributed by atoms with Crippen LogP contribution in [0.25, 0.3) is 0 Å². The van der Waals surface area contributed by atoms with Gasteiger partial charge in [-0.15, -0.1) is 0 Å². The SMILES string of the molecule is CC1(C)Oc2ccc(C(F)(F)C(F)(F)F)cc2[C@@H]2O[C@@H]21. The molecule has 20 heavy (non-hydrogen) atoms. The standard InChI is InChI=1S/C13H11F5O2/c1-11(2)10-9(19-10)7-5-6(3-4-8(7)20-11)12(14,15)13(16,17)18/h3-5,9-10H,1-2H3/t9-,10-/m0/s1. The van der Waals surface area contributed by atoms with Gasteiger partial charge in [0.05, 0.1) is 0 Å². The van der Waals surface area contributed by atoms with Crippen LogP contribution in [0.3, 0.4) is 0 Å². The lowest BCUT2D eigenvalue weighted by Gasteiger charge is -2.30. The second-order valence-corrected chi connectivity index (χ2v) is 5.51. The van der Waals surface area contributed by atoms with E-state index in [1.807, 2.05) is 0 Å². The summed E-state index contributed by atoms with van der Waals surface area (Å²) in [5, 5.41) is 0. The van der Waals surface area contributed by atoms with Crippen LogP contribution in [0.1, 0.15) is 31.1 Å². The average molecular weight is 294 g/mol. The third kappa shape index (κ3) is 1.79. The molecule has 2 aliphatic heterocycles. The first-order valence-corrected chi connectivity index (χ1v) is 5.97. The molecule has 110 valence electrons. The van der Waals surface area contributed by atoms with E-state index in [-0.39, 0.29) is 17.4 Å². The fourth-order valence-corrected chi connectivity index (χ4v) is 2.44. The zero-order valence-electron chi connectivity index (χ0n) is 10.6. The van der Waals surface area contributed by atoms with Crippen LogP contribution in [-0.2, 0) is 10.7 Å². The molecule has 0 bridgehead atoms. The predicted octanol–water partition coefficient (Wildman–Crippen LogP) is 3.95. The third-order valence-electron chi connectivity index (χ3n) is 3.58. The Bertz CT molecular complexity index is 564. The summed E-state index contributed by atoms with van der Waals surface area (Å²) in [5.74, 6) is -4.60. The van der Waals surface area contributed by atoms with Gasteiger partial charge in [0.2, 0.25) is 0 Å². The lowest BCUT2D eigenvalue weighted by molar-refractivity contribution is -0.289. The fourth-order valence-electron chi connectivity index (χ4n) is 2.44. The molecule has 0 radical (unpaired) electrons. The molecule has 0 saturated carbocycles. The van der Waals surface area contributed by atoms with Gasteiger partial charge >= 0.3 is 12.1 Å². The van der Waals surface area contributed by atoms with E-state index >= 15 is 0 Å². The smallest absolute Gasteiger partial charge is 0.458 e. The van der Waals surface area contributed by atoms with Crippen LogP contribution in [-0.4, -0.2) is 17.9 Å². The number of hydrogen-bond acceptors (Lipinski definition) is 2. The Labute approximate surface area is 111 Å². The first-order valence-electron chi connectivity index (χ1n) is 5.97. The molecule has 2 nitrogen and oxygen atoms in total. The second-order valence-electron chi connectivity index (χ2n) is 5.51. The molecule has 0 aromatic heterocycles. The monoisotopic (exact) mass is 294 g/mol. The van der Waals surface area contributed by atoms with Crippen molar-refractivity contribution in [1.29, 1.82) is 0 Å². The van der Waals surface area contributed by atoms with Crippen molar-refractivity contribution >= 4 is 0 Å². The molecule has 2 atom stereocenters. The molecule has 0 aliphatic carbocycles. The Morgan fingerprint density at radius 3 is 2.35 bits per heavy atom. The number of rotatable bonds is 1. The van der Waals surface area contributed by atoms with Gasteiger partial charge in [-0.05, 0) is 32.0 Å². The molecule has 0 amide bonds. The maximum absolute atomic E-state index is 13.3. The molecule has 0 unspecified atom stereocenters. The zero-order chi connectivity index (χ0) is 14.9. The van der Waals surface area contributed by atoms with Crippen LogP contribution in [0.15, 0.2) is 18.2 Å². The van der Waals surface area contributed by atoms with Gasteiger partial charge < -0.3 is 9.47 Å². The number of benzene rings is 1. The van der Waals surface area contributed by atoms with Crippen molar-refractivity contribution in [3.8, 4) is 5.75 Å². The van der Waals surface area contributed by atoms with Gasteiger partial charge in [0.25, 0.3) is 0 Å². The Morgan fingerprint density at radius 2 is 1.75 bits per heavy atom. The van der Waals surface area contributed by atoms with Gasteiger partial charge in [0.15, 0.2) is 0 Å². The van der Waals surface area contributed by atoms with Crippen molar-refractivity contribution in [1.82, 2.24) is 0 Å².